The molecular weight excluding hydrogens is 1300 g/mol. The van der Waals surface area contributed by atoms with Crippen LogP contribution in [0.4, 0.5) is 0 Å². The maximum Gasteiger partial charge on any atom is 0.336 e. The van der Waals surface area contributed by atoms with E-state index in [4.69, 9.17) is 47.4 Å². The first kappa shape index (κ1) is 71.3. The van der Waals surface area contributed by atoms with Crippen LogP contribution < -0.4 is 0 Å². The molecule has 10 aliphatic carbocycles. The first-order valence-corrected chi connectivity index (χ1v) is 38.2. The lowest BCUT2D eigenvalue weighted by Crippen LogP contribution is -2.45. The second-order valence-corrected chi connectivity index (χ2v) is 33.2. The third-order valence-corrected chi connectivity index (χ3v) is 27.2. The van der Waals surface area contributed by atoms with E-state index < -0.39 is 0 Å². The summed E-state index contributed by atoms with van der Waals surface area (Å²) in [7, 11) is 7.28. The molecule has 10 fully saturated rings. The molecule has 19 rings (SSSR count). The van der Waals surface area contributed by atoms with Crippen molar-refractivity contribution >= 4 is 29.8 Å². The molecule has 5 heterocycles. The van der Waals surface area contributed by atoms with Crippen LogP contribution in [0, 0.1) is 76.4 Å². The van der Waals surface area contributed by atoms with Crippen LogP contribution in [0.5, 0.6) is 0 Å². The van der Waals surface area contributed by atoms with Gasteiger partial charge in [-0.05, 0) is 183 Å². The molecule has 23 atom stereocenters. The summed E-state index contributed by atoms with van der Waals surface area (Å²) >= 11 is 0. The Bertz CT molecular complexity index is 3930. The Kier molecular flexibility index (Phi) is 19.1. The van der Waals surface area contributed by atoms with Gasteiger partial charge in [0.15, 0.2) is 0 Å². The Morgan fingerprint density at radius 2 is 0.767 bits per heavy atom. The van der Waals surface area contributed by atoms with Gasteiger partial charge >= 0.3 is 29.8 Å². The Morgan fingerprint density at radius 3 is 1.20 bits per heavy atom. The van der Waals surface area contributed by atoms with Crippen molar-refractivity contribution in [2.24, 2.45) is 76.4 Å². The molecule has 0 radical (unpaired) electrons. The molecule has 0 aromatic heterocycles. The van der Waals surface area contributed by atoms with E-state index in [1.807, 2.05) is 24.3 Å². The monoisotopic (exact) mass is 1400 g/mol. The summed E-state index contributed by atoms with van der Waals surface area (Å²) in [5.74, 6) is 4.82. The van der Waals surface area contributed by atoms with E-state index in [-0.39, 0.29) is 93.8 Å². The zero-order valence-electron chi connectivity index (χ0n) is 61.8. The van der Waals surface area contributed by atoms with Gasteiger partial charge in [-0.2, -0.15) is 0 Å². The molecule has 5 saturated carbocycles. The number of methoxy groups -OCH3 is 5. The predicted octanol–water partition coefficient (Wildman–Crippen LogP) is 14.6. The zero-order valence-corrected chi connectivity index (χ0v) is 61.8. The third kappa shape index (κ3) is 12.2. The first-order valence-electron chi connectivity index (χ1n) is 38.2. The highest BCUT2D eigenvalue weighted by molar-refractivity contribution is 5.95. The van der Waals surface area contributed by atoms with E-state index >= 15 is 0 Å². The molecule has 4 aromatic carbocycles. The van der Waals surface area contributed by atoms with Crippen molar-refractivity contribution in [2.75, 3.05) is 35.5 Å². The molecule has 5 spiro atoms. The molecule has 0 unspecified atom stereocenters. The number of allylic oxidation sites excluding steroid dienone is 5. The number of hydrogen-bond acceptors (Lipinski definition) is 15. The van der Waals surface area contributed by atoms with Crippen LogP contribution in [0.15, 0.2) is 180 Å². The van der Waals surface area contributed by atoms with Crippen LogP contribution in [-0.2, 0) is 90.6 Å². The molecule has 103 heavy (non-hydrogen) atoms. The van der Waals surface area contributed by atoms with E-state index in [0.29, 0.717) is 76.9 Å². The van der Waals surface area contributed by atoms with Gasteiger partial charge in [0, 0.05) is 11.8 Å². The average Bonchev–Trinajstić information content (AvgIpc) is 1.54. The number of carbonyl (C=O) groups is 5. The third-order valence-electron chi connectivity index (χ3n) is 27.2. The van der Waals surface area contributed by atoms with Crippen LogP contribution in [0.25, 0.3) is 0 Å². The summed E-state index contributed by atoms with van der Waals surface area (Å²) < 4.78 is 55.2. The summed E-state index contributed by atoms with van der Waals surface area (Å²) in [6.07, 6.45) is 26.6. The maximum absolute atomic E-state index is 12.2. The molecular formula is C88H104O15. The van der Waals surface area contributed by atoms with Crippen molar-refractivity contribution in [3.8, 4) is 0 Å². The average molecular weight is 1400 g/mol. The number of hydrogen-bond donors (Lipinski definition) is 0. The van der Waals surface area contributed by atoms with Gasteiger partial charge in [-0.25, -0.2) is 24.0 Å². The number of epoxide rings is 5. The van der Waals surface area contributed by atoms with Gasteiger partial charge in [0.25, 0.3) is 0 Å². The largest absolute Gasteiger partial charge is 0.466 e. The van der Waals surface area contributed by atoms with Crippen LogP contribution in [0.2, 0.25) is 0 Å². The lowest BCUT2D eigenvalue weighted by molar-refractivity contribution is -0.138. The van der Waals surface area contributed by atoms with Gasteiger partial charge in [0.1, 0.15) is 28.0 Å². The quantitative estimate of drug-likeness (QED) is 0.0738. The minimum absolute atomic E-state index is 0.186. The van der Waals surface area contributed by atoms with Crippen molar-refractivity contribution in [3.05, 3.63) is 202 Å². The lowest BCUT2D eigenvalue weighted by atomic mass is 9.60. The van der Waals surface area contributed by atoms with E-state index in [2.05, 4.69) is 169 Å². The highest BCUT2D eigenvalue weighted by Gasteiger charge is 2.77. The van der Waals surface area contributed by atoms with Crippen molar-refractivity contribution in [3.63, 3.8) is 0 Å². The molecule has 5 aliphatic heterocycles. The Labute approximate surface area is 607 Å². The summed E-state index contributed by atoms with van der Waals surface area (Å²) in [4.78, 5) is 60.5. The van der Waals surface area contributed by atoms with E-state index in [1.54, 1.807) is 0 Å². The summed E-state index contributed by atoms with van der Waals surface area (Å²) in [6, 6.07) is 42.3. The topological polar surface area (TPSA) is 194 Å². The second kappa shape index (κ2) is 27.6. The Balaban J connectivity index is 0.000000104. The lowest BCUT2D eigenvalue weighted by Gasteiger charge is -2.44. The number of rotatable bonds is 12. The molecule has 0 amide bonds. The van der Waals surface area contributed by atoms with Crippen LogP contribution in [0.1, 0.15) is 140 Å². The minimum atomic E-state index is -0.361. The number of carbonyl (C=O) groups excluding carboxylic acids is 5. The molecule has 15 nitrogen and oxygen atoms in total. The number of ether oxygens (including phenoxy) is 10. The van der Waals surface area contributed by atoms with E-state index in [9.17, 15) is 24.0 Å². The summed E-state index contributed by atoms with van der Waals surface area (Å²) in [5.41, 5.74) is 7.86. The van der Waals surface area contributed by atoms with Gasteiger partial charge in [-0.3, -0.25) is 0 Å². The molecule has 5 saturated heterocycles. The Hall–Kier alpha value is -7.27. The normalized spacial score (nSPS) is 39.7. The molecule has 15 aliphatic rings. The molecule has 546 valence electrons. The standard InChI is InChI=1S/2C19H22O3.2C18H20O3.C14H20O3/c2*1-12-8-15-11-14(10-13-6-4-3-5-7-13)17-19(15,22-17)16(9-12)18(20)21-2;1-11-8-14-13(12-6-4-3-5-7-12)10-16-18(14,21-16)15(9-11)17(19)20-2;1-20-17(19)15-9-5-8-14-11-13(16-18(14,15)21-16)10-12-6-3-2-4-7-12;1-8-7-9(12(15)16-4)14-10(13(8,2)3)5-6-11(14)17-14/h2*3-7,9,12,14-15,17H,8,10-11H2,1-2H3;3-7,9,11,13-14,16H,8,10H2,1-2H3;2-4,6-7,9,13-14,16H,5,8,10-11H2,1H3;7-8,10-11H,5-6H2,1-4H3/t12-,14+,15+,17+,19+;12-,14-,15+,17+,19+;11-,13+,14+,16+,18+;13-,14+,16+,18+;8-,10+,11-,14+/m11110/s1. The first-order chi connectivity index (χ1) is 49.7. The molecule has 0 bridgehead atoms. The molecule has 0 N–H and O–H groups in total. The maximum atomic E-state index is 12.2. The van der Waals surface area contributed by atoms with Crippen molar-refractivity contribution in [2.45, 2.75) is 196 Å². The Morgan fingerprint density at radius 1 is 0.388 bits per heavy atom. The SMILES string of the molecule is COC(=O)C1=CCC[C@H]2C[C@@H](Cc3ccccc3)[C@@H]3O[C@]123.COC(=O)C1=C[C@H](C)C(C)(C)[C@H]2CC[C@@H]3O[C@@]132.COC(=O)C1=C[C@H](C)C[C@H]2C[C@@H](Cc3ccccc3)[C@@H]3O[C@]123.COC(=O)C1=C[C@H](C)C[C@H]2C[C@H](Cc3ccccc3)[C@@H]3O[C@]123.COC(=O)C1=C[C@H](C)C[C@H]2[C@H](c3ccccc3)C[C@@H]3O[C@@]132. The van der Waals surface area contributed by atoms with Crippen LogP contribution in [0.3, 0.4) is 0 Å². The van der Waals surface area contributed by atoms with Crippen molar-refractivity contribution in [1.29, 1.82) is 0 Å². The fraction of sp³-hybridized carbons (Fsp3) is 0.557. The van der Waals surface area contributed by atoms with Gasteiger partial charge < -0.3 is 47.4 Å². The fourth-order valence-electron chi connectivity index (χ4n) is 22.3. The molecule has 4 aromatic rings. The van der Waals surface area contributed by atoms with Crippen molar-refractivity contribution in [1.82, 2.24) is 0 Å². The zero-order chi connectivity index (χ0) is 72.1. The fourth-order valence-corrected chi connectivity index (χ4v) is 22.3. The van der Waals surface area contributed by atoms with E-state index in [0.717, 1.165) is 118 Å². The van der Waals surface area contributed by atoms with Crippen LogP contribution >= 0.6 is 0 Å². The summed E-state index contributed by atoms with van der Waals surface area (Å²) in [5, 5.41) is 0. The molecule has 15 heteroatoms. The van der Waals surface area contributed by atoms with Gasteiger partial charge in [0.2, 0.25) is 0 Å². The predicted molar refractivity (Wildman–Crippen MR) is 387 cm³/mol. The van der Waals surface area contributed by atoms with E-state index in [1.165, 1.54) is 57.8 Å². The van der Waals surface area contributed by atoms with Gasteiger partial charge in [-0.1, -0.05) is 193 Å². The van der Waals surface area contributed by atoms with Crippen LogP contribution in [-0.4, -0.2) is 124 Å². The van der Waals surface area contributed by atoms with Crippen molar-refractivity contribution < 1.29 is 71.3 Å². The highest BCUT2D eigenvalue weighted by atomic mass is 16.6. The smallest absolute Gasteiger partial charge is 0.336 e. The number of benzene rings is 4. The highest BCUT2D eigenvalue weighted by Crippen LogP contribution is 2.70. The summed E-state index contributed by atoms with van der Waals surface area (Å²) in [6.45, 7) is 13.3. The van der Waals surface area contributed by atoms with Gasteiger partial charge in [0.05, 0.1) is 93.9 Å². The minimum Gasteiger partial charge on any atom is -0.466 e. The second-order valence-electron chi connectivity index (χ2n) is 33.2. The number of esters is 5. The van der Waals surface area contributed by atoms with Gasteiger partial charge in [-0.15, -0.1) is 0 Å².